The summed E-state index contributed by atoms with van der Waals surface area (Å²) in [5, 5.41) is 31.2. The maximum atomic E-state index is 12.4. The number of aromatic hydroxyl groups is 2. The number of hydrogen-bond donors (Lipinski definition) is 9. The van der Waals surface area contributed by atoms with Crippen LogP contribution in [-0.4, -0.2) is 32.3 Å². The first-order chi connectivity index (χ1) is 19.9. The van der Waals surface area contributed by atoms with E-state index >= 15 is 0 Å². The molecule has 0 radical (unpaired) electrons. The molecular weight excluding hydrogens is 574 g/mol. The van der Waals surface area contributed by atoms with Gasteiger partial charge in [-0.2, -0.15) is 0 Å². The van der Waals surface area contributed by atoms with Crippen LogP contribution in [0.4, 0.5) is 34.1 Å². The Morgan fingerprint density at radius 2 is 1.07 bits per heavy atom. The number of nitrogens with zero attached hydrogens (tertiary/aromatic N) is 1. The number of phenolic OH excluding ortho intramolecular Hbond substituents is 2. The Morgan fingerprint density at radius 1 is 0.667 bits per heavy atom. The minimum Gasteiger partial charge on any atom is -0.508 e. The number of anilines is 5. The molecule has 0 saturated carbocycles. The molecule has 4 aromatic rings. The molecule has 0 heterocycles. The fourth-order valence-corrected chi connectivity index (χ4v) is 3.47. The number of nitrogens with one attached hydrogen (secondary N) is 1. The molecule has 1 aliphatic carbocycles. The van der Waals surface area contributed by atoms with Crippen LogP contribution in [0, 0.1) is 6.92 Å². The van der Waals surface area contributed by atoms with Gasteiger partial charge in [-0.15, -0.1) is 0 Å². The summed E-state index contributed by atoms with van der Waals surface area (Å²) in [7, 11) is 0. The normalized spacial score (nSPS) is 12.4. The number of nitrogens with two attached hydrogens (primary N) is 4. The van der Waals surface area contributed by atoms with Crippen LogP contribution in [0.1, 0.15) is 19.9 Å². The Bertz CT molecular complexity index is 1590. The van der Waals surface area contributed by atoms with Crippen molar-refractivity contribution in [1.29, 1.82) is 0 Å². The Labute approximate surface area is 262 Å². The van der Waals surface area contributed by atoms with E-state index in [0.29, 0.717) is 28.3 Å². The van der Waals surface area contributed by atoms with Crippen molar-refractivity contribution in [3.8, 4) is 11.5 Å². The van der Waals surface area contributed by atoms with Gasteiger partial charge in [0.2, 0.25) is 5.78 Å². The van der Waals surface area contributed by atoms with Crippen molar-refractivity contribution < 1.29 is 25.6 Å². The smallest absolute Gasteiger partial charge is 0.210 e. The van der Waals surface area contributed by atoms with E-state index in [1.807, 2.05) is 0 Å². The van der Waals surface area contributed by atoms with Gasteiger partial charge >= 0.3 is 0 Å². The third-order valence-electron chi connectivity index (χ3n) is 6.01. The lowest BCUT2D eigenvalue weighted by Gasteiger charge is -2.17. The molecule has 0 fully saturated rings. The molecular formula is C33H43N7O5. The molecule has 0 saturated heterocycles. The minimum atomic E-state index is -0.322. The number of ketones is 1. The Hall–Kier alpha value is -5.98. The fraction of sp³-hybridized carbons (Fsp3) is 0.0909. The average molecular weight is 618 g/mol. The summed E-state index contributed by atoms with van der Waals surface area (Å²) < 4.78 is 0. The average Bonchev–Trinajstić information content (AvgIpc) is 2.97. The van der Waals surface area contributed by atoms with Crippen molar-refractivity contribution in [2.24, 2.45) is 4.99 Å². The van der Waals surface area contributed by atoms with Crippen LogP contribution in [0.2, 0.25) is 0 Å². The second-order valence-electron chi connectivity index (χ2n) is 9.28. The van der Waals surface area contributed by atoms with E-state index < -0.39 is 0 Å². The third-order valence-corrected chi connectivity index (χ3v) is 6.01. The van der Waals surface area contributed by atoms with Gasteiger partial charge in [-0.3, -0.25) is 4.79 Å². The predicted octanol–water partition coefficient (Wildman–Crippen LogP) is 5.56. The molecule has 1 aliphatic rings. The Balaban J connectivity index is 0.000000799. The third kappa shape index (κ3) is 11.3. The summed E-state index contributed by atoms with van der Waals surface area (Å²) in [6, 6.07) is 25.7. The molecule has 5 rings (SSSR count). The van der Waals surface area contributed by atoms with E-state index in [1.165, 1.54) is 18.2 Å². The lowest BCUT2D eigenvalue weighted by molar-refractivity contribution is -0.109. The monoisotopic (exact) mass is 617 g/mol. The zero-order valence-corrected chi connectivity index (χ0v) is 24.5. The van der Waals surface area contributed by atoms with Gasteiger partial charge in [0.1, 0.15) is 23.0 Å². The number of rotatable bonds is 3. The van der Waals surface area contributed by atoms with Gasteiger partial charge in [-0.05, 0) is 105 Å². The predicted molar refractivity (Wildman–Crippen MR) is 186 cm³/mol. The topological polar surface area (TPSA) is 273 Å². The van der Waals surface area contributed by atoms with Crippen LogP contribution in [0.15, 0.2) is 119 Å². The van der Waals surface area contributed by atoms with Crippen LogP contribution < -0.4 is 34.4 Å². The highest BCUT2D eigenvalue weighted by atomic mass is 16.3. The van der Waals surface area contributed by atoms with E-state index in [-0.39, 0.29) is 53.4 Å². The molecule has 12 nitrogen and oxygen atoms in total. The van der Waals surface area contributed by atoms with Crippen molar-refractivity contribution in [1.82, 2.24) is 6.15 Å². The van der Waals surface area contributed by atoms with E-state index in [0.717, 1.165) is 17.1 Å². The summed E-state index contributed by atoms with van der Waals surface area (Å²) >= 11 is 0. The van der Waals surface area contributed by atoms with Crippen molar-refractivity contribution in [3.63, 3.8) is 0 Å². The highest BCUT2D eigenvalue weighted by molar-refractivity contribution is 6.51. The number of hydrogen-bond acceptors (Lipinski definition) is 11. The van der Waals surface area contributed by atoms with Gasteiger partial charge in [-0.25, -0.2) is 4.99 Å². The van der Waals surface area contributed by atoms with Crippen LogP contribution in [0.5, 0.6) is 11.5 Å². The van der Waals surface area contributed by atoms with Gasteiger partial charge in [0.25, 0.3) is 0 Å². The van der Waals surface area contributed by atoms with Gasteiger partial charge < -0.3 is 55.2 Å². The maximum absolute atomic E-state index is 12.4. The van der Waals surface area contributed by atoms with E-state index in [2.05, 4.69) is 10.3 Å². The number of aliphatic imine (C=N–C) groups is 1. The first-order valence-corrected chi connectivity index (χ1v) is 12.8. The van der Waals surface area contributed by atoms with Crippen LogP contribution in [-0.2, 0) is 4.79 Å². The second-order valence-corrected chi connectivity index (χ2v) is 9.28. The molecule has 12 heteroatoms. The molecule has 240 valence electrons. The number of carbonyl (C=O) groups excluding carboxylic acids is 1. The molecule has 0 atom stereocenters. The molecule has 0 bridgehead atoms. The van der Waals surface area contributed by atoms with Crippen molar-refractivity contribution >= 4 is 45.6 Å². The van der Waals surface area contributed by atoms with Crippen LogP contribution in [0.25, 0.3) is 0 Å². The zero-order chi connectivity index (χ0) is 30.8. The summed E-state index contributed by atoms with van der Waals surface area (Å²) in [5.41, 5.74) is 27.6. The summed E-state index contributed by atoms with van der Waals surface area (Å²) in [6.45, 7) is 3.22. The number of phenols is 2. The van der Waals surface area contributed by atoms with Crippen LogP contribution in [0.3, 0.4) is 0 Å². The SMILES string of the molecule is C.CC1=C(O)C(Nc2ccc(N)cc2)=CC(=Nc2ccc(N)cc2)C1=O.Cc1c(O)cccc1O.N.Nc1ccc(N)cc1.O. The first-order valence-electron chi connectivity index (χ1n) is 12.8. The number of aliphatic hydroxyl groups excluding tert-OH is 1. The van der Waals surface area contributed by atoms with Gasteiger partial charge in [0.15, 0.2) is 0 Å². The zero-order valence-electron chi connectivity index (χ0n) is 24.5. The molecule has 0 aliphatic heterocycles. The van der Waals surface area contributed by atoms with Gasteiger partial charge in [0.05, 0.1) is 11.4 Å². The highest BCUT2D eigenvalue weighted by Gasteiger charge is 2.24. The van der Waals surface area contributed by atoms with E-state index in [1.54, 1.807) is 92.7 Å². The fourth-order valence-electron chi connectivity index (χ4n) is 3.47. The Morgan fingerprint density at radius 3 is 1.49 bits per heavy atom. The quantitative estimate of drug-likeness (QED) is 0.102. The number of allylic oxidation sites excluding steroid dienone is 2. The lowest BCUT2D eigenvalue weighted by Crippen LogP contribution is -2.22. The molecule has 45 heavy (non-hydrogen) atoms. The number of Topliss-reactive ketones (excluding diaryl/α,β-unsaturated/α-hetero) is 1. The molecule has 4 aromatic carbocycles. The molecule has 0 spiro atoms. The molecule has 0 aromatic heterocycles. The largest absolute Gasteiger partial charge is 0.508 e. The van der Waals surface area contributed by atoms with Gasteiger partial charge in [0, 0.05) is 39.6 Å². The number of nitrogen functional groups attached to an aromatic ring is 4. The Kier molecular flexibility index (Phi) is 15.5. The van der Waals surface area contributed by atoms with E-state index in [4.69, 9.17) is 33.1 Å². The van der Waals surface area contributed by atoms with Crippen molar-refractivity contribution in [2.75, 3.05) is 28.3 Å². The van der Waals surface area contributed by atoms with E-state index in [9.17, 15) is 9.90 Å². The lowest BCUT2D eigenvalue weighted by atomic mass is 9.99. The standard InChI is InChI=1S/C19H18N4O2.C7H8O2.C6H8N2.CH4.H3N.H2O/c1-11-18(24)16(22-14-6-2-12(20)3-7-14)10-17(19(11)25)23-15-8-4-13(21)5-9-15;1-5-6(8)3-2-4-7(5)9;7-5-1-2-6(8)4-3-5;;;/h2-10,22,24H,20-21H2,1H3;2-4,8-9H,1H3;1-4H,7-8H2;1H4;1H3;1H2. The summed E-state index contributed by atoms with van der Waals surface area (Å²) in [6.07, 6.45) is 1.53. The molecule has 0 unspecified atom stereocenters. The number of benzene rings is 4. The first kappa shape index (κ1) is 39.0. The van der Waals surface area contributed by atoms with Crippen LogP contribution >= 0.6 is 0 Å². The van der Waals surface area contributed by atoms with Crippen molar-refractivity contribution in [3.05, 3.63) is 120 Å². The highest BCUT2D eigenvalue weighted by Crippen LogP contribution is 2.25. The van der Waals surface area contributed by atoms with Crippen molar-refractivity contribution in [2.45, 2.75) is 21.3 Å². The summed E-state index contributed by atoms with van der Waals surface area (Å²) in [5.74, 6) is -0.153. The number of carbonyl (C=O) groups is 1. The second kappa shape index (κ2) is 17.9. The molecule has 17 N–H and O–H groups in total. The van der Waals surface area contributed by atoms with Gasteiger partial charge in [-0.1, -0.05) is 13.5 Å². The minimum absolute atomic E-state index is 0. The summed E-state index contributed by atoms with van der Waals surface area (Å²) in [4.78, 5) is 16.7. The maximum Gasteiger partial charge on any atom is 0.210 e. The molecule has 0 amide bonds. The number of aliphatic hydroxyl groups is 1.